The number of nitrogens with zero attached hydrogens (tertiary/aromatic N) is 1. The summed E-state index contributed by atoms with van der Waals surface area (Å²) in [5, 5.41) is 9.48. The molecule has 1 aliphatic heterocycles. The molecular formula is C9H17NO. The summed E-state index contributed by atoms with van der Waals surface area (Å²) in [6.07, 6.45) is 5.06. The molecule has 1 N–H and O–H groups in total. The van der Waals surface area contributed by atoms with Gasteiger partial charge < -0.3 is 10.0 Å². The lowest BCUT2D eigenvalue weighted by molar-refractivity contribution is 0.0251. The third kappa shape index (κ3) is 1.30. The second-order valence-electron chi connectivity index (χ2n) is 4.09. The zero-order valence-corrected chi connectivity index (χ0v) is 7.16. The van der Waals surface area contributed by atoms with Gasteiger partial charge in [-0.1, -0.05) is 6.42 Å². The van der Waals surface area contributed by atoms with Crippen molar-refractivity contribution in [2.24, 2.45) is 5.92 Å². The minimum Gasteiger partial charge on any atom is -0.392 e. The molecule has 0 bridgehead atoms. The third-order valence-electron chi connectivity index (χ3n) is 3.26. The van der Waals surface area contributed by atoms with Gasteiger partial charge in [-0.3, -0.25) is 0 Å². The first-order chi connectivity index (χ1) is 5.27. The van der Waals surface area contributed by atoms with E-state index in [1.165, 1.54) is 19.3 Å². The van der Waals surface area contributed by atoms with Gasteiger partial charge in [0.05, 0.1) is 6.10 Å². The number of aliphatic hydroxyl groups excluding tert-OH is 1. The number of hydrogen-bond donors (Lipinski definition) is 1. The van der Waals surface area contributed by atoms with Crippen molar-refractivity contribution >= 4 is 0 Å². The van der Waals surface area contributed by atoms with E-state index in [1.54, 1.807) is 0 Å². The van der Waals surface area contributed by atoms with Gasteiger partial charge in [0.25, 0.3) is 0 Å². The first kappa shape index (κ1) is 7.56. The fraction of sp³-hybridized carbons (Fsp3) is 1.00. The molecule has 2 aliphatic rings. The Kier molecular flexibility index (Phi) is 1.90. The van der Waals surface area contributed by atoms with Crippen LogP contribution < -0.4 is 0 Å². The van der Waals surface area contributed by atoms with Crippen LogP contribution in [0.4, 0.5) is 0 Å². The van der Waals surface area contributed by atoms with Crippen molar-refractivity contribution in [2.75, 3.05) is 13.6 Å². The maximum absolute atomic E-state index is 9.48. The van der Waals surface area contributed by atoms with E-state index in [1.807, 2.05) is 0 Å². The maximum Gasteiger partial charge on any atom is 0.0670 e. The van der Waals surface area contributed by atoms with Crippen LogP contribution >= 0.6 is 0 Å². The molecule has 0 radical (unpaired) electrons. The molecule has 0 spiro atoms. The van der Waals surface area contributed by atoms with E-state index in [0.29, 0.717) is 0 Å². The van der Waals surface area contributed by atoms with Gasteiger partial charge >= 0.3 is 0 Å². The molecule has 3 atom stereocenters. The molecule has 0 aromatic rings. The van der Waals surface area contributed by atoms with Crippen molar-refractivity contribution < 1.29 is 5.11 Å². The normalized spacial score (nSPS) is 45.8. The molecule has 1 saturated carbocycles. The van der Waals surface area contributed by atoms with Crippen LogP contribution in [0.5, 0.6) is 0 Å². The summed E-state index contributed by atoms with van der Waals surface area (Å²) in [5.41, 5.74) is 0. The van der Waals surface area contributed by atoms with Gasteiger partial charge in [-0.05, 0) is 32.2 Å². The van der Waals surface area contributed by atoms with Crippen LogP contribution in [0.2, 0.25) is 0 Å². The molecule has 2 heteroatoms. The number of aliphatic hydroxyl groups is 1. The Balaban J connectivity index is 2.04. The second-order valence-corrected chi connectivity index (χ2v) is 4.09. The molecule has 1 saturated heterocycles. The number of likely N-dealkylation sites (tertiary alicyclic amines) is 1. The van der Waals surface area contributed by atoms with Crippen molar-refractivity contribution in [2.45, 2.75) is 37.8 Å². The van der Waals surface area contributed by atoms with E-state index < -0.39 is 0 Å². The first-order valence-electron chi connectivity index (χ1n) is 4.65. The zero-order chi connectivity index (χ0) is 7.84. The van der Waals surface area contributed by atoms with Crippen LogP contribution in [0.15, 0.2) is 0 Å². The predicted molar refractivity (Wildman–Crippen MR) is 44.4 cm³/mol. The standard InChI is InChI=1S/C9H17NO/c1-10-6-8(11)5-7-3-2-4-9(7)10/h7-9,11H,2-6H2,1H3/t7-,8-,9-/m1/s1. The van der Waals surface area contributed by atoms with Crippen molar-refractivity contribution in [3.8, 4) is 0 Å². The van der Waals surface area contributed by atoms with Crippen molar-refractivity contribution in [1.82, 2.24) is 4.90 Å². The number of hydrogen-bond acceptors (Lipinski definition) is 2. The smallest absolute Gasteiger partial charge is 0.0670 e. The van der Waals surface area contributed by atoms with Crippen LogP contribution in [0.25, 0.3) is 0 Å². The maximum atomic E-state index is 9.48. The molecule has 2 fully saturated rings. The van der Waals surface area contributed by atoms with E-state index in [-0.39, 0.29) is 6.10 Å². The average Bonchev–Trinajstić information content (AvgIpc) is 2.34. The molecular weight excluding hydrogens is 138 g/mol. The van der Waals surface area contributed by atoms with Crippen LogP contribution in [-0.4, -0.2) is 35.7 Å². The molecule has 0 amide bonds. The summed E-state index contributed by atoms with van der Waals surface area (Å²) in [7, 11) is 2.14. The lowest BCUT2D eigenvalue weighted by atomic mass is 9.91. The molecule has 2 nitrogen and oxygen atoms in total. The SMILES string of the molecule is CN1C[C@H](O)C[C@H]2CCC[C@H]21. The van der Waals surface area contributed by atoms with E-state index in [9.17, 15) is 5.11 Å². The molecule has 1 aliphatic carbocycles. The average molecular weight is 155 g/mol. The molecule has 0 aromatic heterocycles. The highest BCUT2D eigenvalue weighted by molar-refractivity contribution is 4.90. The van der Waals surface area contributed by atoms with Gasteiger partial charge in [-0.25, -0.2) is 0 Å². The Hall–Kier alpha value is -0.0800. The van der Waals surface area contributed by atoms with E-state index in [4.69, 9.17) is 0 Å². The Morgan fingerprint density at radius 2 is 2.18 bits per heavy atom. The summed E-state index contributed by atoms with van der Waals surface area (Å²) >= 11 is 0. The van der Waals surface area contributed by atoms with Gasteiger partial charge in [0.15, 0.2) is 0 Å². The van der Waals surface area contributed by atoms with Gasteiger partial charge in [-0.2, -0.15) is 0 Å². The first-order valence-corrected chi connectivity index (χ1v) is 4.65. The van der Waals surface area contributed by atoms with Crippen LogP contribution in [0.1, 0.15) is 25.7 Å². The summed E-state index contributed by atoms with van der Waals surface area (Å²) in [4.78, 5) is 2.34. The molecule has 0 aromatic carbocycles. The Labute approximate surface area is 68.2 Å². The van der Waals surface area contributed by atoms with Crippen molar-refractivity contribution in [3.63, 3.8) is 0 Å². The number of β-amino-alcohol motifs (C(OH)–C–C–N with tert-alkyl or cyclic N) is 1. The number of likely N-dealkylation sites (N-methyl/N-ethyl adjacent to an activating group) is 1. The molecule has 0 unspecified atom stereocenters. The second kappa shape index (κ2) is 2.76. The predicted octanol–water partition coefficient (Wildman–Crippen LogP) is 0.851. The fourth-order valence-corrected chi connectivity index (χ4v) is 2.76. The molecule has 64 valence electrons. The highest BCUT2D eigenvalue weighted by Gasteiger charge is 2.36. The Morgan fingerprint density at radius 1 is 1.36 bits per heavy atom. The summed E-state index contributed by atoms with van der Waals surface area (Å²) in [5.74, 6) is 0.795. The molecule has 1 heterocycles. The van der Waals surface area contributed by atoms with Crippen LogP contribution in [-0.2, 0) is 0 Å². The van der Waals surface area contributed by atoms with Gasteiger partial charge in [0.1, 0.15) is 0 Å². The minimum absolute atomic E-state index is 0.0562. The lowest BCUT2D eigenvalue weighted by Crippen LogP contribution is -2.46. The van der Waals surface area contributed by atoms with Gasteiger partial charge in [0, 0.05) is 12.6 Å². The monoisotopic (exact) mass is 155 g/mol. The lowest BCUT2D eigenvalue weighted by Gasteiger charge is -2.37. The van der Waals surface area contributed by atoms with Crippen LogP contribution in [0, 0.1) is 5.92 Å². The molecule has 2 rings (SSSR count). The van der Waals surface area contributed by atoms with E-state index in [0.717, 1.165) is 24.9 Å². The largest absolute Gasteiger partial charge is 0.392 e. The van der Waals surface area contributed by atoms with Gasteiger partial charge in [0.2, 0.25) is 0 Å². The van der Waals surface area contributed by atoms with Crippen molar-refractivity contribution in [3.05, 3.63) is 0 Å². The van der Waals surface area contributed by atoms with Gasteiger partial charge in [-0.15, -0.1) is 0 Å². The zero-order valence-electron chi connectivity index (χ0n) is 7.16. The van der Waals surface area contributed by atoms with E-state index >= 15 is 0 Å². The minimum atomic E-state index is -0.0562. The Morgan fingerprint density at radius 3 is 3.00 bits per heavy atom. The van der Waals surface area contributed by atoms with Crippen LogP contribution in [0.3, 0.4) is 0 Å². The summed E-state index contributed by atoms with van der Waals surface area (Å²) in [6.45, 7) is 0.890. The number of fused-ring (bicyclic) bond motifs is 1. The highest BCUT2D eigenvalue weighted by Crippen LogP contribution is 2.35. The number of piperidine rings is 1. The summed E-state index contributed by atoms with van der Waals surface area (Å²) < 4.78 is 0. The topological polar surface area (TPSA) is 23.5 Å². The quantitative estimate of drug-likeness (QED) is 0.560. The number of rotatable bonds is 0. The molecule has 11 heavy (non-hydrogen) atoms. The Bertz CT molecular complexity index is 148. The fourth-order valence-electron chi connectivity index (χ4n) is 2.76. The highest BCUT2D eigenvalue weighted by atomic mass is 16.3. The van der Waals surface area contributed by atoms with Crippen molar-refractivity contribution in [1.29, 1.82) is 0 Å². The summed E-state index contributed by atoms with van der Waals surface area (Å²) in [6, 6.07) is 0.790. The van der Waals surface area contributed by atoms with E-state index in [2.05, 4.69) is 11.9 Å². The third-order valence-corrected chi connectivity index (χ3v) is 3.26.